The van der Waals surface area contributed by atoms with Gasteiger partial charge < -0.3 is 15.4 Å². The third-order valence-corrected chi connectivity index (χ3v) is 6.27. The molecule has 5 rings (SSSR count). The maximum absolute atomic E-state index is 14.4. The fraction of sp³-hybridized carbons (Fsp3) is 0.148. The molecule has 0 saturated heterocycles. The number of carbonyl (C=O) groups excluding carboxylic acids is 1. The number of rotatable bonds is 6. The Morgan fingerprint density at radius 3 is 2.57 bits per heavy atom. The van der Waals surface area contributed by atoms with Gasteiger partial charge in [0, 0.05) is 42.2 Å². The minimum Gasteiger partial charge on any atom is -0.508 e. The van der Waals surface area contributed by atoms with Crippen molar-refractivity contribution in [1.82, 2.24) is 14.9 Å². The molecule has 2 aromatic heterocycles. The van der Waals surface area contributed by atoms with Gasteiger partial charge in [0.05, 0.1) is 0 Å². The van der Waals surface area contributed by atoms with Crippen LogP contribution < -0.4 is 11.1 Å². The van der Waals surface area contributed by atoms with Gasteiger partial charge in [0.1, 0.15) is 5.75 Å². The zero-order valence-electron chi connectivity index (χ0n) is 19.1. The summed E-state index contributed by atoms with van der Waals surface area (Å²) >= 11 is 0. The van der Waals surface area contributed by atoms with Gasteiger partial charge >= 0.3 is 0 Å². The molecule has 4 aromatic rings. The Kier molecular flexibility index (Phi) is 5.56. The highest BCUT2D eigenvalue weighted by molar-refractivity contribution is 6.09. The van der Waals surface area contributed by atoms with E-state index >= 15 is 0 Å². The standard InChI is InChI=1S/C27H24FN5O2/c1-2-33-16-20(15-21(33)13-17-8-10-22(34)11-9-17)27(25(35)31-26(29)32-27)19-6-3-5-18(14-19)23-7-4-12-30-24(23)28/h3-12,14-16,34H,2,13H2,1H3,(H3,29,31,32,35). The first-order valence-corrected chi connectivity index (χ1v) is 11.3. The number of guanidine groups is 1. The van der Waals surface area contributed by atoms with Crippen LogP contribution in [0.15, 0.2) is 84.1 Å². The number of hydrogen-bond donors (Lipinski definition) is 3. The van der Waals surface area contributed by atoms with Crippen LogP contribution in [0.5, 0.6) is 5.75 Å². The molecule has 7 nitrogen and oxygen atoms in total. The summed E-state index contributed by atoms with van der Waals surface area (Å²) in [5.74, 6) is -0.733. The van der Waals surface area contributed by atoms with Crippen LogP contribution in [0.1, 0.15) is 29.3 Å². The van der Waals surface area contributed by atoms with Crippen molar-refractivity contribution in [2.24, 2.45) is 10.7 Å². The molecular formula is C27H24FN5O2. The van der Waals surface area contributed by atoms with E-state index in [4.69, 9.17) is 5.73 Å². The number of phenols is 1. The Hall–Kier alpha value is -4.46. The predicted molar refractivity (Wildman–Crippen MR) is 131 cm³/mol. The summed E-state index contributed by atoms with van der Waals surface area (Å²) < 4.78 is 16.5. The van der Waals surface area contributed by atoms with Gasteiger partial charge in [-0.1, -0.05) is 30.3 Å². The second kappa shape index (κ2) is 8.72. The van der Waals surface area contributed by atoms with Crippen LogP contribution in [0.3, 0.4) is 0 Å². The first-order valence-electron chi connectivity index (χ1n) is 11.3. The number of nitrogens with two attached hydrogens (primary N) is 1. The molecule has 8 heteroatoms. The largest absolute Gasteiger partial charge is 0.508 e. The maximum Gasteiger partial charge on any atom is 0.264 e. The number of pyridine rings is 1. The molecule has 0 bridgehead atoms. The van der Waals surface area contributed by atoms with E-state index in [0.717, 1.165) is 11.3 Å². The highest BCUT2D eigenvalue weighted by atomic mass is 19.1. The zero-order valence-corrected chi connectivity index (χ0v) is 19.1. The van der Waals surface area contributed by atoms with Crippen LogP contribution in [0.2, 0.25) is 0 Å². The van der Waals surface area contributed by atoms with E-state index in [0.29, 0.717) is 35.2 Å². The van der Waals surface area contributed by atoms with Crippen LogP contribution in [-0.2, 0) is 23.3 Å². The van der Waals surface area contributed by atoms with Gasteiger partial charge in [-0.15, -0.1) is 0 Å². The zero-order chi connectivity index (χ0) is 24.6. The molecule has 1 aliphatic rings. The minimum absolute atomic E-state index is 0.0253. The van der Waals surface area contributed by atoms with Crippen molar-refractivity contribution >= 4 is 11.9 Å². The van der Waals surface area contributed by atoms with Gasteiger partial charge in [0.2, 0.25) is 5.95 Å². The van der Waals surface area contributed by atoms with Crippen molar-refractivity contribution in [3.05, 3.63) is 107 Å². The molecule has 2 aromatic carbocycles. The SMILES string of the molecule is CCn1cc(C2(c3cccc(-c4cccnc4F)c3)N=C(N)NC2=O)cc1Cc1ccc(O)cc1. The minimum atomic E-state index is -1.41. The first kappa shape index (κ1) is 22.3. The van der Waals surface area contributed by atoms with E-state index in [1.54, 1.807) is 48.5 Å². The van der Waals surface area contributed by atoms with Gasteiger partial charge in [-0.25, -0.2) is 9.98 Å². The average molecular weight is 470 g/mol. The lowest BCUT2D eigenvalue weighted by Gasteiger charge is -2.24. The Bertz CT molecular complexity index is 1440. The Morgan fingerprint density at radius 1 is 1.09 bits per heavy atom. The molecule has 4 N–H and O–H groups in total. The second-order valence-electron chi connectivity index (χ2n) is 8.43. The number of aliphatic imine (C=N–C) groups is 1. The molecule has 0 spiro atoms. The van der Waals surface area contributed by atoms with Gasteiger partial charge in [0.15, 0.2) is 11.5 Å². The maximum atomic E-state index is 14.4. The fourth-order valence-corrected chi connectivity index (χ4v) is 4.56. The summed E-state index contributed by atoms with van der Waals surface area (Å²) in [5, 5.41) is 12.2. The first-order chi connectivity index (χ1) is 16.9. The number of nitrogens with one attached hydrogen (secondary N) is 1. The van der Waals surface area contributed by atoms with Gasteiger partial charge in [-0.3, -0.25) is 10.1 Å². The Labute approximate surface area is 201 Å². The lowest BCUT2D eigenvalue weighted by molar-refractivity contribution is -0.122. The van der Waals surface area contributed by atoms with Crippen LogP contribution >= 0.6 is 0 Å². The van der Waals surface area contributed by atoms with Crippen molar-refractivity contribution in [2.45, 2.75) is 25.4 Å². The van der Waals surface area contributed by atoms with Crippen molar-refractivity contribution in [2.75, 3.05) is 0 Å². The summed E-state index contributed by atoms with van der Waals surface area (Å²) in [6.07, 6.45) is 3.91. The summed E-state index contributed by atoms with van der Waals surface area (Å²) in [5.41, 5.74) is 8.72. The van der Waals surface area contributed by atoms with E-state index in [9.17, 15) is 14.3 Å². The lowest BCUT2D eigenvalue weighted by atomic mass is 9.83. The number of aromatic hydroxyl groups is 1. The quantitative estimate of drug-likeness (QED) is 0.375. The Balaban J connectivity index is 1.64. The number of amides is 1. The van der Waals surface area contributed by atoms with Crippen molar-refractivity contribution in [1.29, 1.82) is 0 Å². The molecule has 3 heterocycles. The molecule has 1 aliphatic heterocycles. The van der Waals surface area contributed by atoms with Crippen molar-refractivity contribution in [3.8, 4) is 16.9 Å². The molecule has 176 valence electrons. The summed E-state index contributed by atoms with van der Waals surface area (Å²) in [7, 11) is 0. The van der Waals surface area contributed by atoms with E-state index in [1.165, 1.54) is 6.20 Å². The molecule has 0 saturated carbocycles. The number of halogens is 1. The van der Waals surface area contributed by atoms with Crippen molar-refractivity contribution < 1.29 is 14.3 Å². The number of carbonyl (C=O) groups is 1. The van der Waals surface area contributed by atoms with E-state index < -0.39 is 11.5 Å². The summed E-state index contributed by atoms with van der Waals surface area (Å²) in [4.78, 5) is 21.7. The number of hydrogen-bond acceptors (Lipinski definition) is 5. The molecule has 0 aliphatic carbocycles. The Morgan fingerprint density at radius 2 is 1.89 bits per heavy atom. The van der Waals surface area contributed by atoms with E-state index in [2.05, 4.69) is 19.9 Å². The molecule has 0 radical (unpaired) electrons. The second-order valence-corrected chi connectivity index (χ2v) is 8.43. The predicted octanol–water partition coefficient (Wildman–Crippen LogP) is 3.69. The normalized spacial score (nSPS) is 17.3. The third-order valence-electron chi connectivity index (χ3n) is 6.27. The molecule has 1 atom stereocenters. The van der Waals surface area contributed by atoms with E-state index in [-0.39, 0.29) is 17.6 Å². The third kappa shape index (κ3) is 3.93. The summed E-state index contributed by atoms with van der Waals surface area (Å²) in [6.45, 7) is 2.71. The van der Waals surface area contributed by atoms with E-state index in [1.807, 2.05) is 31.3 Å². The lowest BCUT2D eigenvalue weighted by Crippen LogP contribution is -2.39. The molecular weight excluding hydrogens is 445 g/mol. The van der Waals surface area contributed by atoms with Crippen LogP contribution in [0.4, 0.5) is 4.39 Å². The summed E-state index contributed by atoms with van der Waals surface area (Å²) in [6, 6.07) is 19.4. The highest BCUT2D eigenvalue weighted by Gasteiger charge is 2.47. The monoisotopic (exact) mass is 469 g/mol. The molecule has 1 amide bonds. The van der Waals surface area contributed by atoms with Crippen LogP contribution in [0.25, 0.3) is 11.1 Å². The highest BCUT2D eigenvalue weighted by Crippen LogP contribution is 2.39. The topological polar surface area (TPSA) is 106 Å². The molecule has 1 unspecified atom stereocenters. The number of benzene rings is 2. The van der Waals surface area contributed by atoms with Crippen LogP contribution in [-0.4, -0.2) is 26.5 Å². The van der Waals surface area contributed by atoms with Crippen molar-refractivity contribution in [3.63, 3.8) is 0 Å². The fourth-order valence-electron chi connectivity index (χ4n) is 4.56. The average Bonchev–Trinajstić information content (AvgIpc) is 3.41. The van der Waals surface area contributed by atoms with Gasteiger partial charge in [-0.2, -0.15) is 4.39 Å². The van der Waals surface area contributed by atoms with Gasteiger partial charge in [0.25, 0.3) is 5.91 Å². The number of phenolic OH excluding ortho intramolecular Hbond substituents is 1. The molecule has 0 fully saturated rings. The number of nitrogens with zero attached hydrogens (tertiary/aromatic N) is 3. The van der Waals surface area contributed by atoms with Crippen LogP contribution in [0, 0.1) is 5.95 Å². The smallest absolute Gasteiger partial charge is 0.264 e. The number of aryl methyl sites for hydroxylation is 1. The van der Waals surface area contributed by atoms with Gasteiger partial charge in [-0.05, 0) is 60.0 Å². The number of aromatic nitrogens is 2. The molecule has 35 heavy (non-hydrogen) atoms.